The Hall–Kier alpha value is -2.10. The number of aromatic nitrogens is 2. The first kappa shape index (κ1) is 13.3. The number of carbonyl (C=O) groups is 1. The third kappa shape index (κ3) is 3.02. The van der Waals surface area contributed by atoms with Crippen molar-refractivity contribution >= 4 is 5.78 Å². The Morgan fingerprint density at radius 3 is 2.89 bits per heavy atom. The summed E-state index contributed by atoms with van der Waals surface area (Å²) in [6.45, 7) is 6.85. The van der Waals surface area contributed by atoms with Crippen LogP contribution in [0, 0.1) is 6.92 Å². The molecule has 4 nitrogen and oxygen atoms in total. The molecule has 1 heterocycles. The van der Waals surface area contributed by atoms with Crippen LogP contribution in [0.1, 0.15) is 35.5 Å². The van der Waals surface area contributed by atoms with E-state index in [0.717, 1.165) is 17.8 Å². The largest absolute Gasteiger partial charge is 0.487 e. The van der Waals surface area contributed by atoms with Crippen molar-refractivity contribution in [1.82, 2.24) is 9.55 Å². The molecule has 0 aliphatic rings. The molecule has 1 aromatic heterocycles. The molecule has 0 atom stereocenters. The van der Waals surface area contributed by atoms with Gasteiger partial charge in [0.05, 0.1) is 23.8 Å². The lowest BCUT2D eigenvalue weighted by Gasteiger charge is -2.11. The first-order valence-electron chi connectivity index (χ1n) is 6.35. The van der Waals surface area contributed by atoms with E-state index in [1.54, 1.807) is 19.4 Å². The topological polar surface area (TPSA) is 44.1 Å². The van der Waals surface area contributed by atoms with Crippen molar-refractivity contribution in [3.8, 4) is 5.75 Å². The van der Waals surface area contributed by atoms with Crippen LogP contribution in [-0.2, 0) is 13.2 Å². The fourth-order valence-corrected chi connectivity index (χ4v) is 1.94. The first-order chi connectivity index (χ1) is 9.11. The molecule has 100 valence electrons. The van der Waals surface area contributed by atoms with Crippen molar-refractivity contribution in [2.24, 2.45) is 0 Å². The van der Waals surface area contributed by atoms with Crippen LogP contribution in [-0.4, -0.2) is 15.3 Å². The van der Waals surface area contributed by atoms with Crippen LogP contribution in [0.15, 0.2) is 30.7 Å². The van der Waals surface area contributed by atoms with E-state index in [9.17, 15) is 4.79 Å². The number of Topliss-reactive ketones (excluding diaryl/α,β-unsaturated/α-hetero) is 1. The van der Waals surface area contributed by atoms with Crippen LogP contribution < -0.4 is 4.74 Å². The van der Waals surface area contributed by atoms with Crippen LogP contribution in [0.25, 0.3) is 0 Å². The molecule has 0 spiro atoms. The summed E-state index contributed by atoms with van der Waals surface area (Å²) in [5, 5.41) is 0. The number of ether oxygens (including phenoxy) is 1. The number of carbonyl (C=O) groups excluding carboxylic acids is 1. The van der Waals surface area contributed by atoms with E-state index in [4.69, 9.17) is 4.74 Å². The van der Waals surface area contributed by atoms with E-state index in [-0.39, 0.29) is 5.78 Å². The van der Waals surface area contributed by atoms with Gasteiger partial charge in [0.1, 0.15) is 12.4 Å². The third-order valence-electron chi connectivity index (χ3n) is 3.03. The van der Waals surface area contributed by atoms with Gasteiger partial charge in [-0.3, -0.25) is 4.79 Å². The Morgan fingerprint density at radius 2 is 2.21 bits per heavy atom. The first-order valence-corrected chi connectivity index (χ1v) is 6.35. The quantitative estimate of drug-likeness (QED) is 0.774. The summed E-state index contributed by atoms with van der Waals surface area (Å²) in [6.07, 6.45) is 3.56. The van der Waals surface area contributed by atoms with E-state index in [0.29, 0.717) is 17.9 Å². The standard InChI is InChI=1S/C15H18N2O2/c1-4-17-10-16-8-13(17)9-19-15-7-11(2)5-6-14(15)12(3)18/h5-8,10H,4,9H2,1-3H3. The van der Waals surface area contributed by atoms with Gasteiger partial charge in [-0.25, -0.2) is 4.98 Å². The lowest BCUT2D eigenvalue weighted by Crippen LogP contribution is -2.06. The molecule has 0 aliphatic carbocycles. The Kier molecular flexibility index (Phi) is 4.00. The van der Waals surface area contributed by atoms with Crippen molar-refractivity contribution in [2.75, 3.05) is 0 Å². The van der Waals surface area contributed by atoms with Crippen LogP contribution in [0.4, 0.5) is 0 Å². The Morgan fingerprint density at radius 1 is 1.42 bits per heavy atom. The maximum atomic E-state index is 11.6. The highest BCUT2D eigenvalue weighted by molar-refractivity contribution is 5.96. The number of benzene rings is 1. The predicted octanol–water partition coefficient (Wildman–Crippen LogP) is 2.99. The highest BCUT2D eigenvalue weighted by Crippen LogP contribution is 2.22. The summed E-state index contributed by atoms with van der Waals surface area (Å²) in [6, 6.07) is 5.62. The average molecular weight is 258 g/mol. The zero-order valence-corrected chi connectivity index (χ0v) is 11.5. The Labute approximate surface area is 113 Å². The summed E-state index contributed by atoms with van der Waals surface area (Å²) >= 11 is 0. The van der Waals surface area contributed by atoms with E-state index < -0.39 is 0 Å². The van der Waals surface area contributed by atoms with Gasteiger partial charge in [-0.15, -0.1) is 0 Å². The molecule has 0 N–H and O–H groups in total. The monoisotopic (exact) mass is 258 g/mol. The molecule has 19 heavy (non-hydrogen) atoms. The Balaban J connectivity index is 2.19. The molecule has 2 rings (SSSR count). The highest BCUT2D eigenvalue weighted by atomic mass is 16.5. The molecule has 0 bridgehead atoms. The van der Waals surface area contributed by atoms with Gasteiger partial charge >= 0.3 is 0 Å². The second kappa shape index (κ2) is 5.69. The van der Waals surface area contributed by atoms with Crippen LogP contribution >= 0.6 is 0 Å². The van der Waals surface area contributed by atoms with Gasteiger partial charge in [-0.1, -0.05) is 6.07 Å². The minimum atomic E-state index is 0.0130. The van der Waals surface area contributed by atoms with Crippen LogP contribution in [0.5, 0.6) is 5.75 Å². The molecule has 1 aromatic carbocycles. The lowest BCUT2D eigenvalue weighted by molar-refractivity contribution is 0.101. The summed E-state index contributed by atoms with van der Waals surface area (Å²) in [4.78, 5) is 15.7. The number of rotatable bonds is 5. The van der Waals surface area contributed by atoms with Crippen LogP contribution in [0.3, 0.4) is 0 Å². The summed E-state index contributed by atoms with van der Waals surface area (Å²) in [5.41, 5.74) is 2.69. The SMILES string of the molecule is CCn1cncc1COc1cc(C)ccc1C(C)=O. The van der Waals surface area contributed by atoms with Crippen molar-refractivity contribution in [2.45, 2.75) is 33.9 Å². The van der Waals surface area contributed by atoms with Crippen LogP contribution in [0.2, 0.25) is 0 Å². The van der Waals surface area contributed by atoms with E-state index in [1.165, 1.54) is 0 Å². The van der Waals surface area contributed by atoms with Gasteiger partial charge in [0.15, 0.2) is 5.78 Å². The van der Waals surface area contributed by atoms with E-state index >= 15 is 0 Å². The molecule has 0 saturated heterocycles. The smallest absolute Gasteiger partial charge is 0.163 e. The van der Waals surface area contributed by atoms with Gasteiger partial charge in [0, 0.05) is 6.54 Å². The number of imidazole rings is 1. The molecule has 0 aliphatic heterocycles. The van der Waals surface area contributed by atoms with Crippen molar-refractivity contribution in [3.63, 3.8) is 0 Å². The Bertz CT molecular complexity index is 588. The molecule has 0 fully saturated rings. The zero-order valence-electron chi connectivity index (χ0n) is 11.5. The third-order valence-corrected chi connectivity index (χ3v) is 3.03. The van der Waals surface area contributed by atoms with E-state index in [1.807, 2.05) is 29.7 Å². The van der Waals surface area contributed by atoms with Crippen molar-refractivity contribution < 1.29 is 9.53 Å². The number of nitrogens with zero attached hydrogens (tertiary/aromatic N) is 2. The number of ketones is 1. The highest BCUT2D eigenvalue weighted by Gasteiger charge is 2.10. The fraction of sp³-hybridized carbons (Fsp3) is 0.333. The number of hydrogen-bond donors (Lipinski definition) is 0. The summed E-state index contributed by atoms with van der Waals surface area (Å²) in [5.74, 6) is 0.648. The van der Waals surface area contributed by atoms with Crippen molar-refractivity contribution in [1.29, 1.82) is 0 Å². The van der Waals surface area contributed by atoms with E-state index in [2.05, 4.69) is 11.9 Å². The maximum absolute atomic E-state index is 11.6. The second-order valence-electron chi connectivity index (χ2n) is 4.52. The number of aryl methyl sites for hydroxylation is 2. The predicted molar refractivity (Wildman–Crippen MR) is 73.4 cm³/mol. The minimum absolute atomic E-state index is 0.0130. The van der Waals surface area contributed by atoms with Gasteiger partial charge < -0.3 is 9.30 Å². The summed E-state index contributed by atoms with van der Waals surface area (Å²) in [7, 11) is 0. The van der Waals surface area contributed by atoms with Gasteiger partial charge in [-0.2, -0.15) is 0 Å². The van der Waals surface area contributed by atoms with Crippen molar-refractivity contribution in [3.05, 3.63) is 47.5 Å². The molecule has 4 heteroatoms. The fourth-order valence-electron chi connectivity index (χ4n) is 1.94. The molecular weight excluding hydrogens is 240 g/mol. The molecule has 0 saturated carbocycles. The minimum Gasteiger partial charge on any atom is -0.487 e. The van der Waals surface area contributed by atoms with Gasteiger partial charge in [-0.05, 0) is 38.5 Å². The molecule has 0 radical (unpaired) electrons. The lowest BCUT2D eigenvalue weighted by atomic mass is 10.1. The summed E-state index contributed by atoms with van der Waals surface area (Å²) < 4.78 is 7.80. The maximum Gasteiger partial charge on any atom is 0.163 e. The molecule has 2 aromatic rings. The number of hydrogen-bond acceptors (Lipinski definition) is 3. The average Bonchev–Trinajstić information content (AvgIpc) is 2.83. The molecular formula is C15H18N2O2. The van der Waals surface area contributed by atoms with Gasteiger partial charge in [0.25, 0.3) is 0 Å². The zero-order chi connectivity index (χ0) is 13.8. The second-order valence-corrected chi connectivity index (χ2v) is 4.52. The molecule has 0 amide bonds. The molecule has 0 unspecified atom stereocenters. The van der Waals surface area contributed by atoms with Gasteiger partial charge in [0.2, 0.25) is 0 Å². The normalized spacial score (nSPS) is 10.5.